The lowest BCUT2D eigenvalue weighted by molar-refractivity contribution is 0.236. The maximum Gasteiger partial charge on any atom is 0.213 e. The van der Waals surface area contributed by atoms with Crippen LogP contribution < -0.4 is 10.5 Å². The summed E-state index contributed by atoms with van der Waals surface area (Å²) in [5.41, 5.74) is 9.11. The number of nitrogens with zero attached hydrogens (tertiary/aromatic N) is 3. The van der Waals surface area contributed by atoms with E-state index in [1.54, 1.807) is 6.20 Å². The SMILES string of the molecule is Cc1nc(-c2ccc(OCCC(C)(C)C)nc2)nc(N)c1C(C)C. The molecule has 0 radical (unpaired) electrons. The van der Waals surface area contributed by atoms with Crippen molar-refractivity contribution in [3.63, 3.8) is 0 Å². The lowest BCUT2D eigenvalue weighted by Gasteiger charge is -2.17. The Balaban J connectivity index is 2.14. The summed E-state index contributed by atoms with van der Waals surface area (Å²) in [5, 5.41) is 0. The van der Waals surface area contributed by atoms with Crippen LogP contribution in [0.5, 0.6) is 5.88 Å². The van der Waals surface area contributed by atoms with E-state index in [9.17, 15) is 0 Å². The molecule has 5 nitrogen and oxygen atoms in total. The highest BCUT2D eigenvalue weighted by Crippen LogP contribution is 2.26. The lowest BCUT2D eigenvalue weighted by atomic mass is 9.93. The summed E-state index contributed by atoms with van der Waals surface area (Å²) in [6.45, 7) is 13.4. The predicted octanol–water partition coefficient (Wildman–Crippen LogP) is 4.37. The Kier molecular flexibility index (Phi) is 5.42. The molecular weight excluding hydrogens is 300 g/mol. The molecule has 0 atom stereocenters. The molecular formula is C19H28N4O. The number of hydrogen-bond donors (Lipinski definition) is 1. The van der Waals surface area contributed by atoms with Gasteiger partial charge in [-0.25, -0.2) is 15.0 Å². The molecule has 0 unspecified atom stereocenters. The number of aromatic nitrogens is 3. The number of pyridine rings is 1. The summed E-state index contributed by atoms with van der Waals surface area (Å²) in [5.74, 6) is 2.06. The number of nitrogens with two attached hydrogens (primary N) is 1. The van der Waals surface area contributed by atoms with Crippen LogP contribution in [0.15, 0.2) is 18.3 Å². The van der Waals surface area contributed by atoms with Gasteiger partial charge in [0.05, 0.1) is 6.61 Å². The largest absolute Gasteiger partial charge is 0.478 e. The van der Waals surface area contributed by atoms with Gasteiger partial charge in [-0.3, -0.25) is 0 Å². The van der Waals surface area contributed by atoms with Gasteiger partial charge in [-0.05, 0) is 30.7 Å². The van der Waals surface area contributed by atoms with Gasteiger partial charge in [-0.15, -0.1) is 0 Å². The van der Waals surface area contributed by atoms with Crippen LogP contribution >= 0.6 is 0 Å². The van der Waals surface area contributed by atoms with Crippen molar-refractivity contribution < 1.29 is 4.74 Å². The minimum Gasteiger partial charge on any atom is -0.478 e. The molecule has 2 rings (SSSR count). The molecule has 5 heteroatoms. The molecule has 0 saturated carbocycles. The van der Waals surface area contributed by atoms with Crippen molar-refractivity contribution in [2.24, 2.45) is 5.41 Å². The predicted molar refractivity (Wildman–Crippen MR) is 98.1 cm³/mol. The maximum atomic E-state index is 6.10. The first-order valence-electron chi connectivity index (χ1n) is 8.40. The lowest BCUT2D eigenvalue weighted by Crippen LogP contribution is -2.11. The Bertz CT molecular complexity index is 664. The monoisotopic (exact) mass is 328 g/mol. The number of anilines is 1. The van der Waals surface area contributed by atoms with E-state index in [0.29, 0.717) is 30.0 Å². The number of rotatable bonds is 5. The van der Waals surface area contributed by atoms with Crippen molar-refractivity contribution in [2.75, 3.05) is 12.3 Å². The molecule has 0 aromatic carbocycles. The Morgan fingerprint density at radius 3 is 2.38 bits per heavy atom. The van der Waals surface area contributed by atoms with Gasteiger partial charge in [0.25, 0.3) is 0 Å². The molecule has 24 heavy (non-hydrogen) atoms. The third-order valence-corrected chi connectivity index (χ3v) is 3.84. The van der Waals surface area contributed by atoms with Gasteiger partial charge in [0, 0.05) is 29.1 Å². The fourth-order valence-electron chi connectivity index (χ4n) is 2.51. The van der Waals surface area contributed by atoms with Gasteiger partial charge >= 0.3 is 0 Å². The standard InChI is InChI=1S/C19H28N4O/c1-12(2)16-13(3)22-18(23-17(16)20)14-7-8-15(21-11-14)24-10-9-19(4,5)6/h7-8,11-12H,9-10H2,1-6H3,(H2,20,22,23). The molecule has 2 heterocycles. The van der Waals surface area contributed by atoms with Crippen LogP contribution in [-0.2, 0) is 0 Å². The van der Waals surface area contributed by atoms with Gasteiger partial charge in [-0.2, -0.15) is 0 Å². The van der Waals surface area contributed by atoms with E-state index in [1.165, 1.54) is 0 Å². The van der Waals surface area contributed by atoms with Crippen LogP contribution in [0.25, 0.3) is 11.4 Å². The van der Waals surface area contributed by atoms with E-state index < -0.39 is 0 Å². The Morgan fingerprint density at radius 1 is 1.17 bits per heavy atom. The number of nitrogen functional groups attached to an aromatic ring is 1. The minimum absolute atomic E-state index is 0.251. The topological polar surface area (TPSA) is 73.9 Å². The molecule has 0 bridgehead atoms. The van der Waals surface area contributed by atoms with E-state index in [-0.39, 0.29) is 5.41 Å². The normalized spacial score (nSPS) is 11.8. The van der Waals surface area contributed by atoms with Crippen LogP contribution in [0.2, 0.25) is 0 Å². The molecule has 0 fully saturated rings. The highest BCUT2D eigenvalue weighted by molar-refractivity contribution is 5.58. The molecule has 2 N–H and O–H groups in total. The summed E-state index contributed by atoms with van der Waals surface area (Å²) in [6, 6.07) is 3.77. The van der Waals surface area contributed by atoms with Crippen molar-refractivity contribution >= 4 is 5.82 Å². The highest BCUT2D eigenvalue weighted by atomic mass is 16.5. The summed E-state index contributed by atoms with van der Waals surface area (Å²) < 4.78 is 5.69. The van der Waals surface area contributed by atoms with Crippen molar-refractivity contribution in [1.82, 2.24) is 15.0 Å². The average Bonchev–Trinajstić information content (AvgIpc) is 2.45. The molecule has 0 aliphatic heterocycles. The Morgan fingerprint density at radius 2 is 1.88 bits per heavy atom. The Labute approximate surface area is 144 Å². The zero-order valence-electron chi connectivity index (χ0n) is 15.6. The van der Waals surface area contributed by atoms with Crippen LogP contribution in [0.1, 0.15) is 58.2 Å². The molecule has 0 aliphatic carbocycles. The van der Waals surface area contributed by atoms with E-state index in [1.807, 2.05) is 19.1 Å². The fourth-order valence-corrected chi connectivity index (χ4v) is 2.51. The van der Waals surface area contributed by atoms with E-state index in [0.717, 1.165) is 23.2 Å². The average molecular weight is 328 g/mol. The van der Waals surface area contributed by atoms with E-state index in [4.69, 9.17) is 10.5 Å². The smallest absolute Gasteiger partial charge is 0.213 e. The quantitative estimate of drug-likeness (QED) is 0.882. The first-order valence-corrected chi connectivity index (χ1v) is 8.40. The van der Waals surface area contributed by atoms with Crippen molar-refractivity contribution in [2.45, 2.75) is 53.9 Å². The molecule has 0 aliphatic rings. The van der Waals surface area contributed by atoms with Crippen molar-refractivity contribution in [3.05, 3.63) is 29.6 Å². The fraction of sp³-hybridized carbons (Fsp3) is 0.526. The second-order valence-electron chi connectivity index (χ2n) is 7.63. The summed E-state index contributed by atoms with van der Waals surface area (Å²) in [6.07, 6.45) is 2.71. The minimum atomic E-state index is 0.251. The van der Waals surface area contributed by atoms with Crippen LogP contribution in [0, 0.1) is 12.3 Å². The second-order valence-corrected chi connectivity index (χ2v) is 7.63. The van der Waals surface area contributed by atoms with Gasteiger partial charge in [0.2, 0.25) is 5.88 Å². The van der Waals surface area contributed by atoms with Gasteiger partial charge in [-0.1, -0.05) is 34.6 Å². The first kappa shape index (κ1) is 18.2. The summed E-state index contributed by atoms with van der Waals surface area (Å²) >= 11 is 0. The maximum absolute atomic E-state index is 6.10. The van der Waals surface area contributed by atoms with E-state index >= 15 is 0 Å². The summed E-state index contributed by atoms with van der Waals surface area (Å²) in [4.78, 5) is 13.4. The van der Waals surface area contributed by atoms with E-state index in [2.05, 4.69) is 49.6 Å². The molecule has 130 valence electrons. The third kappa shape index (κ3) is 4.66. The molecule has 0 amide bonds. The van der Waals surface area contributed by atoms with Crippen LogP contribution in [-0.4, -0.2) is 21.6 Å². The molecule has 2 aromatic rings. The Hall–Kier alpha value is -2.17. The number of hydrogen-bond acceptors (Lipinski definition) is 5. The zero-order valence-corrected chi connectivity index (χ0v) is 15.6. The molecule has 0 saturated heterocycles. The number of aryl methyl sites for hydroxylation is 1. The van der Waals surface area contributed by atoms with Gasteiger partial charge in [0.15, 0.2) is 5.82 Å². The van der Waals surface area contributed by atoms with Crippen molar-refractivity contribution in [1.29, 1.82) is 0 Å². The summed E-state index contributed by atoms with van der Waals surface area (Å²) in [7, 11) is 0. The van der Waals surface area contributed by atoms with Crippen molar-refractivity contribution in [3.8, 4) is 17.3 Å². The molecule has 2 aromatic heterocycles. The molecule has 0 spiro atoms. The first-order chi connectivity index (χ1) is 11.2. The number of ether oxygens (including phenoxy) is 1. The van der Waals surface area contributed by atoms with Gasteiger partial charge in [0.1, 0.15) is 5.82 Å². The highest BCUT2D eigenvalue weighted by Gasteiger charge is 2.14. The zero-order chi connectivity index (χ0) is 17.9. The van der Waals surface area contributed by atoms with Gasteiger partial charge < -0.3 is 10.5 Å². The van der Waals surface area contributed by atoms with Crippen LogP contribution in [0.3, 0.4) is 0 Å². The third-order valence-electron chi connectivity index (χ3n) is 3.84. The van der Waals surface area contributed by atoms with Crippen LogP contribution in [0.4, 0.5) is 5.82 Å². The second kappa shape index (κ2) is 7.16.